The van der Waals surface area contributed by atoms with E-state index in [0.29, 0.717) is 25.0 Å². The van der Waals surface area contributed by atoms with Crippen LogP contribution in [0.15, 0.2) is 58.3 Å². The van der Waals surface area contributed by atoms with Crippen molar-refractivity contribution in [3.8, 4) is 0 Å². The van der Waals surface area contributed by atoms with Gasteiger partial charge in [-0.1, -0.05) is 31.1 Å². The highest BCUT2D eigenvalue weighted by molar-refractivity contribution is 5.90. The molecule has 2 aromatic heterocycles. The molecule has 3 rings (SSSR count). The van der Waals surface area contributed by atoms with Gasteiger partial charge in [0.1, 0.15) is 6.54 Å². The Labute approximate surface area is 181 Å². The monoisotopic (exact) mass is 423 g/mol. The summed E-state index contributed by atoms with van der Waals surface area (Å²) in [5, 5.41) is 17.5. The zero-order valence-electron chi connectivity index (χ0n) is 18.1. The van der Waals surface area contributed by atoms with Crippen molar-refractivity contribution in [3.63, 3.8) is 0 Å². The molecule has 0 aliphatic carbocycles. The first-order valence-electron chi connectivity index (χ1n) is 10.4. The lowest BCUT2D eigenvalue weighted by Crippen LogP contribution is -2.36. The molecule has 3 N–H and O–H groups in total. The number of rotatable bonds is 9. The third-order valence-corrected chi connectivity index (χ3v) is 4.44. The van der Waals surface area contributed by atoms with Gasteiger partial charge in [-0.2, -0.15) is 5.10 Å². The number of carbonyl (C=O) groups is 1. The first-order chi connectivity index (χ1) is 15.0. The van der Waals surface area contributed by atoms with Crippen LogP contribution in [-0.2, 0) is 24.4 Å². The molecule has 0 saturated heterocycles. The minimum absolute atomic E-state index is 0.132. The SMILES string of the molecule is CCNC(=NCc1cccc(NC(=O)Cn2cccn2)c1)NCc1cc(C(C)C)no1. The van der Waals surface area contributed by atoms with Gasteiger partial charge < -0.3 is 20.5 Å². The van der Waals surface area contributed by atoms with Gasteiger partial charge in [-0.25, -0.2) is 4.99 Å². The maximum absolute atomic E-state index is 12.2. The van der Waals surface area contributed by atoms with Crippen LogP contribution >= 0.6 is 0 Å². The summed E-state index contributed by atoms with van der Waals surface area (Å²) in [7, 11) is 0. The van der Waals surface area contributed by atoms with Crippen LogP contribution in [0.2, 0.25) is 0 Å². The van der Waals surface area contributed by atoms with Crippen LogP contribution in [0.25, 0.3) is 0 Å². The molecule has 0 aliphatic rings. The van der Waals surface area contributed by atoms with E-state index in [-0.39, 0.29) is 12.5 Å². The summed E-state index contributed by atoms with van der Waals surface area (Å²) in [6.45, 7) is 8.04. The topological polar surface area (TPSA) is 109 Å². The number of guanidine groups is 1. The maximum atomic E-state index is 12.2. The van der Waals surface area contributed by atoms with Crippen LogP contribution in [0.5, 0.6) is 0 Å². The molecule has 0 bridgehead atoms. The summed E-state index contributed by atoms with van der Waals surface area (Å²) in [6.07, 6.45) is 3.40. The number of amides is 1. The highest BCUT2D eigenvalue weighted by atomic mass is 16.5. The molecule has 0 saturated carbocycles. The van der Waals surface area contributed by atoms with Gasteiger partial charge in [-0.3, -0.25) is 9.48 Å². The average Bonchev–Trinajstić information content (AvgIpc) is 3.42. The Morgan fingerprint density at radius 2 is 2.10 bits per heavy atom. The lowest BCUT2D eigenvalue weighted by molar-refractivity contribution is -0.116. The van der Waals surface area contributed by atoms with Gasteiger partial charge in [-0.15, -0.1) is 0 Å². The zero-order chi connectivity index (χ0) is 22.1. The number of anilines is 1. The number of nitrogens with one attached hydrogen (secondary N) is 3. The van der Waals surface area contributed by atoms with Crippen LogP contribution in [0.3, 0.4) is 0 Å². The average molecular weight is 424 g/mol. The zero-order valence-corrected chi connectivity index (χ0v) is 18.1. The van der Waals surface area contributed by atoms with Crippen LogP contribution in [0.1, 0.15) is 43.7 Å². The van der Waals surface area contributed by atoms with Crippen molar-refractivity contribution in [2.75, 3.05) is 11.9 Å². The van der Waals surface area contributed by atoms with E-state index in [1.807, 2.05) is 37.3 Å². The molecule has 31 heavy (non-hydrogen) atoms. The molecule has 1 aromatic carbocycles. The third-order valence-electron chi connectivity index (χ3n) is 4.44. The molecule has 0 unspecified atom stereocenters. The number of carbonyl (C=O) groups excluding carboxylic acids is 1. The van der Waals surface area contributed by atoms with Gasteiger partial charge in [0.2, 0.25) is 5.91 Å². The number of hydrogen-bond acceptors (Lipinski definition) is 5. The Balaban J connectivity index is 1.56. The number of aromatic nitrogens is 3. The van der Waals surface area contributed by atoms with Crippen molar-refractivity contribution < 1.29 is 9.32 Å². The Kier molecular flexibility index (Phi) is 7.80. The summed E-state index contributed by atoms with van der Waals surface area (Å²) < 4.78 is 6.95. The van der Waals surface area contributed by atoms with E-state index >= 15 is 0 Å². The second-order valence-corrected chi connectivity index (χ2v) is 7.37. The molecule has 0 spiro atoms. The van der Waals surface area contributed by atoms with Crippen LogP contribution in [-0.4, -0.2) is 33.3 Å². The molecular weight excluding hydrogens is 394 g/mol. The van der Waals surface area contributed by atoms with Gasteiger partial charge >= 0.3 is 0 Å². The van der Waals surface area contributed by atoms with Gasteiger partial charge in [-0.05, 0) is 36.6 Å². The summed E-state index contributed by atoms with van der Waals surface area (Å²) in [5.74, 6) is 1.63. The van der Waals surface area contributed by atoms with Crippen molar-refractivity contribution in [2.45, 2.75) is 46.3 Å². The molecular formula is C22H29N7O2. The van der Waals surface area contributed by atoms with Crippen molar-refractivity contribution in [2.24, 2.45) is 4.99 Å². The van der Waals surface area contributed by atoms with Crippen molar-refractivity contribution >= 4 is 17.6 Å². The quantitative estimate of drug-likeness (QED) is 0.361. The van der Waals surface area contributed by atoms with E-state index in [1.54, 1.807) is 23.1 Å². The van der Waals surface area contributed by atoms with Crippen LogP contribution in [0.4, 0.5) is 5.69 Å². The number of hydrogen-bond donors (Lipinski definition) is 3. The molecule has 0 radical (unpaired) electrons. The van der Waals surface area contributed by atoms with Gasteiger partial charge in [0.15, 0.2) is 11.7 Å². The molecule has 0 atom stereocenters. The summed E-state index contributed by atoms with van der Waals surface area (Å²) in [6, 6.07) is 11.4. The van der Waals surface area contributed by atoms with E-state index in [1.165, 1.54) is 0 Å². The van der Waals surface area contributed by atoms with Gasteiger partial charge in [0.25, 0.3) is 0 Å². The summed E-state index contributed by atoms with van der Waals surface area (Å²) in [5.41, 5.74) is 2.65. The highest BCUT2D eigenvalue weighted by Gasteiger charge is 2.08. The van der Waals surface area contributed by atoms with E-state index in [4.69, 9.17) is 4.52 Å². The van der Waals surface area contributed by atoms with Crippen LogP contribution in [0, 0.1) is 0 Å². The van der Waals surface area contributed by atoms with E-state index in [9.17, 15) is 4.79 Å². The molecule has 3 aromatic rings. The van der Waals surface area contributed by atoms with E-state index in [2.05, 4.69) is 45.0 Å². The van der Waals surface area contributed by atoms with Crippen LogP contribution < -0.4 is 16.0 Å². The molecule has 0 aliphatic heterocycles. The standard InChI is InChI=1S/C22H29N7O2/c1-4-23-22(25-14-19-12-20(16(2)3)28-31-19)24-13-17-7-5-8-18(11-17)27-21(30)15-29-10-6-9-26-29/h5-12,16H,4,13-15H2,1-3H3,(H,27,30)(H2,23,24,25). The van der Waals surface area contributed by atoms with E-state index < -0.39 is 0 Å². The molecule has 2 heterocycles. The van der Waals surface area contributed by atoms with E-state index in [0.717, 1.165) is 29.2 Å². The normalized spacial score (nSPS) is 11.5. The fourth-order valence-corrected chi connectivity index (χ4v) is 2.86. The highest BCUT2D eigenvalue weighted by Crippen LogP contribution is 2.14. The fourth-order valence-electron chi connectivity index (χ4n) is 2.86. The molecule has 1 amide bonds. The maximum Gasteiger partial charge on any atom is 0.246 e. The molecule has 9 nitrogen and oxygen atoms in total. The van der Waals surface area contributed by atoms with Crippen molar-refractivity contribution in [1.29, 1.82) is 0 Å². The largest absolute Gasteiger partial charge is 0.359 e. The minimum atomic E-state index is -0.132. The van der Waals surface area contributed by atoms with Crippen molar-refractivity contribution in [1.82, 2.24) is 25.6 Å². The third kappa shape index (κ3) is 6.98. The number of benzene rings is 1. The smallest absolute Gasteiger partial charge is 0.246 e. The Morgan fingerprint density at radius 1 is 1.23 bits per heavy atom. The Bertz CT molecular complexity index is 993. The fraction of sp³-hybridized carbons (Fsp3) is 0.364. The van der Waals surface area contributed by atoms with Gasteiger partial charge in [0.05, 0.1) is 18.8 Å². The second-order valence-electron chi connectivity index (χ2n) is 7.37. The first-order valence-corrected chi connectivity index (χ1v) is 10.4. The minimum Gasteiger partial charge on any atom is -0.359 e. The molecule has 9 heteroatoms. The first kappa shape index (κ1) is 22.1. The predicted octanol–water partition coefficient (Wildman–Crippen LogP) is 2.89. The predicted molar refractivity (Wildman–Crippen MR) is 120 cm³/mol. The van der Waals surface area contributed by atoms with Crippen molar-refractivity contribution in [3.05, 3.63) is 65.8 Å². The Morgan fingerprint density at radius 3 is 2.81 bits per heavy atom. The Hall–Kier alpha value is -3.62. The lowest BCUT2D eigenvalue weighted by Gasteiger charge is -2.10. The summed E-state index contributed by atoms with van der Waals surface area (Å²) >= 11 is 0. The van der Waals surface area contributed by atoms with Gasteiger partial charge in [0, 0.05) is 30.7 Å². The number of nitrogens with zero attached hydrogens (tertiary/aromatic N) is 4. The molecule has 164 valence electrons. The summed E-state index contributed by atoms with van der Waals surface area (Å²) in [4.78, 5) is 16.8. The lowest BCUT2D eigenvalue weighted by atomic mass is 10.1. The second kappa shape index (κ2) is 11.0. The number of aliphatic imine (C=N–C) groups is 1. The molecule has 0 fully saturated rings.